The Morgan fingerprint density at radius 1 is 1.25 bits per heavy atom. The molecule has 0 spiro atoms. The van der Waals surface area contributed by atoms with E-state index in [9.17, 15) is 0 Å². The van der Waals surface area contributed by atoms with Crippen LogP contribution in [0.25, 0.3) is 10.9 Å². The van der Waals surface area contributed by atoms with Gasteiger partial charge in [0.1, 0.15) is 5.82 Å². The number of hydrogen-bond donors (Lipinski definition) is 2. The molecule has 0 aliphatic rings. The zero-order chi connectivity index (χ0) is 13.9. The number of hydrogen-bond acceptors (Lipinski definition) is 3. The van der Waals surface area contributed by atoms with Crippen LogP contribution in [0, 0.1) is 6.92 Å². The molecule has 104 valence electrons. The Kier molecular flexibility index (Phi) is 3.52. The van der Waals surface area contributed by atoms with Crippen LogP contribution < -0.4 is 0 Å². The minimum atomic E-state index is 0.833. The highest BCUT2D eigenvalue weighted by atomic mass is 15.1. The first-order valence-electron chi connectivity index (χ1n) is 6.83. The fourth-order valence-electron chi connectivity index (χ4n) is 2.39. The zero-order valence-corrected chi connectivity index (χ0v) is 11.8. The molecule has 0 amide bonds. The van der Waals surface area contributed by atoms with Crippen molar-refractivity contribution in [1.82, 2.24) is 25.1 Å². The van der Waals surface area contributed by atoms with Gasteiger partial charge in [0, 0.05) is 35.9 Å². The molecule has 0 unspecified atom stereocenters. The van der Waals surface area contributed by atoms with Crippen LogP contribution in [0.2, 0.25) is 0 Å². The summed E-state index contributed by atoms with van der Waals surface area (Å²) in [6.07, 6.45) is 2.82. The van der Waals surface area contributed by atoms with E-state index in [1.165, 1.54) is 11.1 Å². The molecule has 2 aromatic heterocycles. The Morgan fingerprint density at radius 2 is 2.10 bits per heavy atom. The summed E-state index contributed by atoms with van der Waals surface area (Å²) in [4.78, 5) is 9.85. The van der Waals surface area contributed by atoms with Crippen molar-refractivity contribution < 1.29 is 0 Å². The largest absolute Gasteiger partial charge is 0.345 e. The van der Waals surface area contributed by atoms with E-state index in [4.69, 9.17) is 0 Å². The third-order valence-electron chi connectivity index (χ3n) is 3.46. The molecule has 0 aliphatic heterocycles. The highest BCUT2D eigenvalue weighted by Gasteiger charge is 2.07. The molecule has 0 saturated carbocycles. The van der Waals surface area contributed by atoms with E-state index < -0.39 is 0 Å². The maximum atomic E-state index is 4.33. The molecule has 0 atom stereocenters. The van der Waals surface area contributed by atoms with Gasteiger partial charge < -0.3 is 4.98 Å². The van der Waals surface area contributed by atoms with Crippen molar-refractivity contribution in [3.63, 3.8) is 0 Å². The fraction of sp³-hybridized carbons (Fsp3) is 0.333. The SMILES string of the molecule is Cc1cnc(CN(C)CCc2[nH]nc3ccccc23)[nH]1. The van der Waals surface area contributed by atoms with Crippen LogP contribution >= 0.6 is 0 Å². The molecule has 5 nitrogen and oxygen atoms in total. The maximum Gasteiger partial charge on any atom is 0.120 e. The highest BCUT2D eigenvalue weighted by molar-refractivity contribution is 5.81. The average Bonchev–Trinajstić information content (AvgIpc) is 3.03. The minimum absolute atomic E-state index is 0.833. The summed E-state index contributed by atoms with van der Waals surface area (Å²) in [7, 11) is 2.11. The quantitative estimate of drug-likeness (QED) is 0.747. The van der Waals surface area contributed by atoms with Crippen molar-refractivity contribution in [2.24, 2.45) is 0 Å². The first-order valence-corrected chi connectivity index (χ1v) is 6.83. The van der Waals surface area contributed by atoms with Crippen molar-refractivity contribution >= 4 is 10.9 Å². The van der Waals surface area contributed by atoms with Crippen LogP contribution in [0.15, 0.2) is 30.5 Å². The van der Waals surface area contributed by atoms with Crippen LogP contribution in [0.4, 0.5) is 0 Å². The number of para-hydroxylation sites is 1. The molecule has 2 N–H and O–H groups in total. The van der Waals surface area contributed by atoms with Crippen molar-refractivity contribution in [2.45, 2.75) is 19.9 Å². The molecule has 0 fully saturated rings. The number of fused-ring (bicyclic) bond motifs is 1. The average molecular weight is 269 g/mol. The number of aromatic nitrogens is 4. The normalized spacial score (nSPS) is 11.6. The molecule has 3 rings (SSSR count). The second-order valence-corrected chi connectivity index (χ2v) is 5.22. The Balaban J connectivity index is 1.61. The Bertz CT molecular complexity index is 697. The van der Waals surface area contributed by atoms with Crippen LogP contribution in [0.1, 0.15) is 17.2 Å². The molecular formula is C15H19N5. The highest BCUT2D eigenvalue weighted by Crippen LogP contribution is 2.15. The molecule has 20 heavy (non-hydrogen) atoms. The first kappa shape index (κ1) is 12.9. The molecule has 0 aliphatic carbocycles. The van der Waals surface area contributed by atoms with Gasteiger partial charge >= 0.3 is 0 Å². The molecule has 0 radical (unpaired) electrons. The summed E-state index contributed by atoms with van der Waals surface area (Å²) in [5.74, 6) is 1.01. The van der Waals surface area contributed by atoms with Gasteiger partial charge in [0.05, 0.1) is 12.1 Å². The van der Waals surface area contributed by atoms with Gasteiger partial charge in [0.2, 0.25) is 0 Å². The van der Waals surface area contributed by atoms with Gasteiger partial charge in [-0.15, -0.1) is 0 Å². The van der Waals surface area contributed by atoms with E-state index in [0.29, 0.717) is 0 Å². The number of imidazole rings is 1. The van der Waals surface area contributed by atoms with Crippen molar-refractivity contribution in [2.75, 3.05) is 13.6 Å². The summed E-state index contributed by atoms with van der Waals surface area (Å²) >= 11 is 0. The smallest absolute Gasteiger partial charge is 0.120 e. The molecular weight excluding hydrogens is 250 g/mol. The third-order valence-corrected chi connectivity index (χ3v) is 3.46. The molecule has 5 heteroatoms. The van der Waals surface area contributed by atoms with Gasteiger partial charge in [-0.2, -0.15) is 5.10 Å². The number of nitrogens with zero attached hydrogens (tertiary/aromatic N) is 3. The van der Waals surface area contributed by atoms with E-state index in [1.54, 1.807) is 0 Å². The Morgan fingerprint density at radius 3 is 2.90 bits per heavy atom. The number of likely N-dealkylation sites (N-methyl/N-ethyl adjacent to an activating group) is 1. The Hall–Kier alpha value is -2.14. The van der Waals surface area contributed by atoms with Crippen LogP contribution in [0.5, 0.6) is 0 Å². The number of benzene rings is 1. The Labute approximate surface area is 118 Å². The number of aryl methyl sites for hydroxylation is 1. The van der Waals surface area contributed by atoms with E-state index in [2.05, 4.69) is 44.2 Å². The maximum absolute atomic E-state index is 4.33. The summed E-state index contributed by atoms with van der Waals surface area (Å²) < 4.78 is 0. The third kappa shape index (κ3) is 2.72. The molecule has 1 aromatic carbocycles. The minimum Gasteiger partial charge on any atom is -0.345 e. The number of H-pyrrole nitrogens is 2. The molecule has 3 aromatic rings. The molecule has 0 saturated heterocycles. The standard InChI is InChI=1S/C15H19N5/c1-11-9-16-15(17-11)10-20(2)8-7-14-12-5-3-4-6-13(12)18-19-14/h3-6,9H,7-8,10H2,1-2H3,(H,16,17)(H,18,19). The predicted octanol–water partition coefficient (Wildman–Crippen LogP) is 2.27. The molecule has 2 heterocycles. The van der Waals surface area contributed by atoms with Gasteiger partial charge in [-0.3, -0.25) is 10.00 Å². The van der Waals surface area contributed by atoms with E-state index in [1.807, 2.05) is 25.3 Å². The van der Waals surface area contributed by atoms with Crippen molar-refractivity contribution in [1.29, 1.82) is 0 Å². The second kappa shape index (κ2) is 5.46. The van der Waals surface area contributed by atoms with Gasteiger partial charge in [-0.1, -0.05) is 18.2 Å². The monoisotopic (exact) mass is 269 g/mol. The molecule has 0 bridgehead atoms. The summed E-state index contributed by atoms with van der Waals surface area (Å²) in [5, 5.41) is 8.68. The fourth-order valence-corrected chi connectivity index (χ4v) is 2.39. The van der Waals surface area contributed by atoms with Crippen LogP contribution in [-0.2, 0) is 13.0 Å². The lowest BCUT2D eigenvalue weighted by atomic mass is 10.1. The van der Waals surface area contributed by atoms with E-state index in [-0.39, 0.29) is 0 Å². The van der Waals surface area contributed by atoms with E-state index in [0.717, 1.165) is 36.5 Å². The summed E-state index contributed by atoms with van der Waals surface area (Å²) in [6, 6.07) is 8.21. The van der Waals surface area contributed by atoms with Crippen molar-refractivity contribution in [3.8, 4) is 0 Å². The number of nitrogens with one attached hydrogen (secondary N) is 2. The van der Waals surface area contributed by atoms with Crippen molar-refractivity contribution in [3.05, 3.63) is 47.7 Å². The zero-order valence-electron chi connectivity index (χ0n) is 11.8. The predicted molar refractivity (Wildman–Crippen MR) is 79.5 cm³/mol. The van der Waals surface area contributed by atoms with E-state index >= 15 is 0 Å². The van der Waals surface area contributed by atoms with Crippen LogP contribution in [0.3, 0.4) is 0 Å². The first-order chi connectivity index (χ1) is 9.72. The van der Waals surface area contributed by atoms with Gasteiger partial charge in [-0.05, 0) is 20.0 Å². The topological polar surface area (TPSA) is 60.6 Å². The summed E-state index contributed by atoms with van der Waals surface area (Å²) in [5.41, 5.74) is 3.34. The number of aromatic amines is 2. The lowest BCUT2D eigenvalue weighted by Crippen LogP contribution is -2.21. The number of rotatable bonds is 5. The van der Waals surface area contributed by atoms with Gasteiger partial charge in [0.15, 0.2) is 0 Å². The van der Waals surface area contributed by atoms with Crippen LogP contribution in [-0.4, -0.2) is 38.7 Å². The lowest BCUT2D eigenvalue weighted by Gasteiger charge is -2.14. The second-order valence-electron chi connectivity index (χ2n) is 5.22. The van der Waals surface area contributed by atoms with Gasteiger partial charge in [0.25, 0.3) is 0 Å². The van der Waals surface area contributed by atoms with Gasteiger partial charge in [-0.25, -0.2) is 4.98 Å². The summed E-state index contributed by atoms with van der Waals surface area (Å²) in [6.45, 7) is 3.82. The lowest BCUT2D eigenvalue weighted by molar-refractivity contribution is 0.322.